The van der Waals surface area contributed by atoms with Crippen LogP contribution < -0.4 is 0 Å². The van der Waals surface area contributed by atoms with Crippen LogP contribution in [0.4, 0.5) is 0 Å². The quantitative estimate of drug-likeness (QED) is 0.162. The average molecular weight is 367 g/mol. The molecule has 0 aromatic rings. The summed E-state index contributed by atoms with van der Waals surface area (Å²) in [6, 6.07) is 3.16. The highest BCUT2D eigenvalue weighted by atomic mass is 28.4. The molecule has 0 saturated carbocycles. The fourth-order valence-electron chi connectivity index (χ4n) is 2.43. The molecule has 0 radical (unpaired) electrons. The zero-order valence-corrected chi connectivity index (χ0v) is 16.1. The van der Waals surface area contributed by atoms with Gasteiger partial charge in [0.05, 0.1) is 0 Å². The first kappa shape index (κ1) is 22.0. The monoisotopic (exact) mass is 366 g/mol. The normalized spacial score (nSPS) is 11.8. The third-order valence-electron chi connectivity index (χ3n) is 3.44. The smallest absolute Gasteiger partial charge is 0.342 e. The molecule has 7 heteroatoms. The molecule has 0 spiro atoms. The van der Waals surface area contributed by atoms with E-state index in [0.717, 1.165) is 18.1 Å². The molecule has 2 N–H and O–H groups in total. The first-order chi connectivity index (χ1) is 11.4. The Kier molecular flexibility index (Phi) is 10.6. The molecule has 0 amide bonds. The van der Waals surface area contributed by atoms with Crippen molar-refractivity contribution in [2.45, 2.75) is 30.2 Å². The zero-order valence-electron chi connectivity index (χ0n) is 13.9. The van der Waals surface area contributed by atoms with Crippen molar-refractivity contribution >= 4 is 29.3 Å². The number of hydrogen-bond donors (Lipinski definition) is 2. The minimum Gasteiger partial charge on any atom is -0.477 e. The third-order valence-corrected chi connectivity index (χ3v) is 11.5. The molecule has 0 aromatic carbocycles. The number of rotatable bonds is 14. The minimum atomic E-state index is -2.19. The number of aliphatic carboxylic acids is 2. The van der Waals surface area contributed by atoms with Gasteiger partial charge in [-0.3, -0.25) is 0 Å². The molecule has 0 fully saturated rings. The van der Waals surface area contributed by atoms with Crippen LogP contribution in [0, 0.1) is 0 Å². The predicted octanol–water partition coefficient (Wildman–Crippen LogP) is 3.51. The van der Waals surface area contributed by atoms with E-state index in [1.807, 2.05) is 18.2 Å². The molecule has 1 unspecified atom stereocenters. The summed E-state index contributed by atoms with van der Waals surface area (Å²) in [4.78, 5) is 22.0. The molecule has 5 nitrogen and oxygen atoms in total. The number of carboxylic acid groups (broad SMARTS) is 2. The highest BCUT2D eigenvalue weighted by Crippen LogP contribution is 2.27. The SMILES string of the molecule is C=CC[SiH](CC=C(C(=O)O)C(=O)O)O[Si](CC=C)(CC=C)CC=C. The summed E-state index contributed by atoms with van der Waals surface area (Å²) in [7, 11) is -4.08. The first-order valence-electron chi connectivity index (χ1n) is 7.64. The lowest BCUT2D eigenvalue weighted by Crippen LogP contribution is -2.42. The van der Waals surface area contributed by atoms with Gasteiger partial charge in [-0.2, -0.15) is 0 Å². The van der Waals surface area contributed by atoms with Crippen molar-refractivity contribution in [3.8, 4) is 0 Å². The van der Waals surface area contributed by atoms with Crippen LogP contribution in [-0.2, 0) is 13.7 Å². The van der Waals surface area contributed by atoms with Crippen LogP contribution in [0.15, 0.2) is 62.3 Å². The maximum Gasteiger partial charge on any atom is 0.342 e. The van der Waals surface area contributed by atoms with Crippen molar-refractivity contribution in [2.24, 2.45) is 0 Å². The van der Waals surface area contributed by atoms with Gasteiger partial charge in [0.1, 0.15) is 5.57 Å². The molecular formula is C17H26O5Si2. The number of hydrogen-bond acceptors (Lipinski definition) is 3. The van der Waals surface area contributed by atoms with E-state index < -0.39 is 34.9 Å². The summed E-state index contributed by atoms with van der Waals surface area (Å²) >= 11 is 0. The van der Waals surface area contributed by atoms with E-state index in [9.17, 15) is 9.59 Å². The Balaban J connectivity index is 5.42. The van der Waals surface area contributed by atoms with Gasteiger partial charge in [-0.1, -0.05) is 30.4 Å². The summed E-state index contributed by atoms with van der Waals surface area (Å²) in [6.07, 6.45) is 8.47. The fraction of sp³-hybridized carbons (Fsp3) is 0.294. The van der Waals surface area contributed by atoms with Crippen molar-refractivity contribution in [3.63, 3.8) is 0 Å². The lowest BCUT2D eigenvalue weighted by atomic mass is 10.3. The number of allylic oxidation sites excluding steroid dienone is 5. The maximum absolute atomic E-state index is 11.0. The molecule has 1 atom stereocenters. The van der Waals surface area contributed by atoms with Crippen LogP contribution >= 0.6 is 0 Å². The van der Waals surface area contributed by atoms with Gasteiger partial charge in [-0.25, -0.2) is 9.59 Å². The van der Waals surface area contributed by atoms with Gasteiger partial charge in [0.25, 0.3) is 0 Å². The molecular weight excluding hydrogens is 340 g/mol. The average Bonchev–Trinajstić information content (AvgIpc) is 2.47. The van der Waals surface area contributed by atoms with Crippen molar-refractivity contribution in [1.29, 1.82) is 0 Å². The molecule has 0 aliphatic carbocycles. The molecule has 0 rings (SSSR count). The largest absolute Gasteiger partial charge is 0.477 e. The topological polar surface area (TPSA) is 83.8 Å². The highest BCUT2D eigenvalue weighted by Gasteiger charge is 2.33. The standard InChI is InChI=1S/C17H26O5Si2/c1-5-10-23(11-9-15(16(18)19)17(20)21)22-24(12-6-2,13-7-3)14-8-4/h5-9,23H,1-4,10-14H2,(H,18,19)(H,20,21). The number of carboxylic acids is 2. The Morgan fingerprint density at radius 2 is 1.33 bits per heavy atom. The number of carbonyl (C=O) groups is 2. The summed E-state index contributed by atoms with van der Waals surface area (Å²) in [6.45, 7) is 15.1. The third kappa shape index (κ3) is 7.54. The molecule has 0 bridgehead atoms. The molecule has 0 heterocycles. The summed E-state index contributed by atoms with van der Waals surface area (Å²) < 4.78 is 6.47. The minimum absolute atomic E-state index is 0.320. The van der Waals surface area contributed by atoms with E-state index >= 15 is 0 Å². The molecule has 0 saturated heterocycles. The summed E-state index contributed by atoms with van der Waals surface area (Å²) in [5, 5.41) is 17.9. The van der Waals surface area contributed by atoms with Crippen LogP contribution in [0.25, 0.3) is 0 Å². The zero-order chi connectivity index (χ0) is 18.6. The lowest BCUT2D eigenvalue weighted by molar-refractivity contribution is -0.140. The van der Waals surface area contributed by atoms with Crippen molar-refractivity contribution < 1.29 is 23.9 Å². The van der Waals surface area contributed by atoms with Gasteiger partial charge in [0.2, 0.25) is 0 Å². The Hall–Kier alpha value is -1.97. The van der Waals surface area contributed by atoms with E-state index in [0.29, 0.717) is 12.1 Å². The van der Waals surface area contributed by atoms with Crippen molar-refractivity contribution in [1.82, 2.24) is 0 Å². The van der Waals surface area contributed by atoms with Crippen LogP contribution in [-0.4, -0.2) is 39.5 Å². The second kappa shape index (κ2) is 11.6. The Bertz CT molecular complexity index is 483. The van der Waals surface area contributed by atoms with Gasteiger partial charge < -0.3 is 14.3 Å². The van der Waals surface area contributed by atoms with Crippen LogP contribution in [0.1, 0.15) is 0 Å². The van der Waals surface area contributed by atoms with E-state index in [4.69, 9.17) is 14.3 Å². The van der Waals surface area contributed by atoms with Gasteiger partial charge in [0, 0.05) is 0 Å². The highest BCUT2D eigenvalue weighted by molar-refractivity contribution is 6.81. The molecule has 0 aliphatic heterocycles. The Morgan fingerprint density at radius 3 is 1.67 bits per heavy atom. The second-order valence-corrected chi connectivity index (χ2v) is 12.1. The Morgan fingerprint density at radius 1 is 0.875 bits per heavy atom. The summed E-state index contributed by atoms with van der Waals surface area (Å²) in [5.74, 6) is -2.89. The molecule has 0 aliphatic rings. The van der Waals surface area contributed by atoms with Crippen LogP contribution in [0.5, 0.6) is 0 Å². The predicted molar refractivity (Wildman–Crippen MR) is 102 cm³/mol. The molecule has 24 heavy (non-hydrogen) atoms. The summed E-state index contributed by atoms with van der Waals surface area (Å²) in [5.41, 5.74) is -0.622. The van der Waals surface area contributed by atoms with Gasteiger partial charge >= 0.3 is 11.9 Å². The van der Waals surface area contributed by atoms with Crippen LogP contribution in [0.2, 0.25) is 30.2 Å². The molecule has 0 aromatic heterocycles. The van der Waals surface area contributed by atoms with E-state index in [2.05, 4.69) is 26.3 Å². The van der Waals surface area contributed by atoms with E-state index in [1.165, 1.54) is 6.08 Å². The Labute approximate surface area is 146 Å². The van der Waals surface area contributed by atoms with E-state index in [-0.39, 0.29) is 0 Å². The fourth-order valence-corrected chi connectivity index (χ4v) is 10.3. The van der Waals surface area contributed by atoms with Crippen LogP contribution in [0.3, 0.4) is 0 Å². The van der Waals surface area contributed by atoms with Gasteiger partial charge in [-0.15, -0.1) is 26.3 Å². The maximum atomic E-state index is 11.0. The molecule has 132 valence electrons. The van der Waals surface area contributed by atoms with E-state index in [1.54, 1.807) is 6.08 Å². The second-order valence-electron chi connectivity index (χ2n) is 5.39. The van der Waals surface area contributed by atoms with Crippen molar-refractivity contribution in [3.05, 3.63) is 62.3 Å². The van der Waals surface area contributed by atoms with Gasteiger partial charge in [-0.05, 0) is 30.2 Å². The first-order valence-corrected chi connectivity index (χ1v) is 12.3. The van der Waals surface area contributed by atoms with Crippen molar-refractivity contribution in [2.75, 3.05) is 0 Å². The van der Waals surface area contributed by atoms with Gasteiger partial charge in [0.15, 0.2) is 17.4 Å². The lowest BCUT2D eigenvalue weighted by Gasteiger charge is -2.33.